The Morgan fingerprint density at radius 2 is 1.81 bits per heavy atom. The maximum atomic E-state index is 16.6. The number of hydrogen-bond acceptors (Lipinski definition) is 7. The van der Waals surface area contributed by atoms with Gasteiger partial charge in [0.25, 0.3) is 5.91 Å². The third-order valence-corrected chi connectivity index (χ3v) is 12.9. The Labute approximate surface area is 307 Å². The van der Waals surface area contributed by atoms with Crippen molar-refractivity contribution in [1.82, 2.24) is 4.90 Å². The molecule has 0 saturated carbocycles. The number of aliphatic hydroxyl groups excluding tert-OH is 1. The molecule has 52 heavy (non-hydrogen) atoms. The van der Waals surface area contributed by atoms with Crippen molar-refractivity contribution in [3.05, 3.63) is 83.0 Å². The largest absolute Gasteiger partial charge is 0.441 e. The molecule has 0 aliphatic carbocycles. The van der Waals surface area contributed by atoms with Gasteiger partial charge in [0.05, 0.1) is 31.2 Å². The lowest BCUT2D eigenvalue weighted by Gasteiger charge is -2.39. The van der Waals surface area contributed by atoms with E-state index in [9.17, 15) is 24.3 Å². The van der Waals surface area contributed by atoms with Crippen LogP contribution in [0.2, 0.25) is 18.6 Å². The molecule has 2 aromatic carbocycles. The summed E-state index contributed by atoms with van der Waals surface area (Å²) in [4.78, 5) is 58.1. The molecule has 0 bridgehead atoms. The second-order valence-corrected chi connectivity index (χ2v) is 18.8. The summed E-state index contributed by atoms with van der Waals surface area (Å²) in [5.74, 6) is -2.08. The van der Waals surface area contributed by atoms with Crippen molar-refractivity contribution < 1.29 is 37.9 Å². The Morgan fingerprint density at radius 1 is 1.10 bits per heavy atom. The highest BCUT2D eigenvalue weighted by molar-refractivity contribution is 6.72. The predicted molar refractivity (Wildman–Crippen MR) is 200 cm³/mol. The van der Waals surface area contributed by atoms with E-state index in [1.165, 1.54) is 17.4 Å². The van der Waals surface area contributed by atoms with Crippen LogP contribution in [0.5, 0.6) is 0 Å². The van der Waals surface area contributed by atoms with Gasteiger partial charge in [0.1, 0.15) is 0 Å². The smallest absolute Gasteiger partial charge is 0.304 e. The lowest BCUT2D eigenvalue weighted by Crippen LogP contribution is -2.55. The number of carbonyl (C=O) groups excluding carboxylic acids is 4. The van der Waals surface area contributed by atoms with E-state index < -0.39 is 43.8 Å². The zero-order valence-electron chi connectivity index (χ0n) is 31.4. The molecule has 2 aromatic rings. The summed E-state index contributed by atoms with van der Waals surface area (Å²) in [7, 11) is -3.60. The fourth-order valence-electron chi connectivity index (χ4n) is 8.01. The van der Waals surface area contributed by atoms with Crippen LogP contribution in [0.1, 0.15) is 71.4 Å². The molecule has 5 atom stereocenters. The summed E-state index contributed by atoms with van der Waals surface area (Å²) in [6, 6.07) is 14.6. The zero-order valence-corrected chi connectivity index (χ0v) is 32.4. The summed E-state index contributed by atoms with van der Waals surface area (Å²) in [5.41, 5.74) is 2.39. The predicted octanol–water partition coefficient (Wildman–Crippen LogP) is 6.54. The highest BCUT2D eigenvalue weighted by Gasteiger charge is 2.67. The molecule has 0 aromatic heterocycles. The number of β-lactam (4-membered cyclic amide) rings is 1. The Balaban J connectivity index is 1.54. The molecule has 5 rings (SSSR count). The second kappa shape index (κ2) is 15.9. The van der Waals surface area contributed by atoms with E-state index in [0.29, 0.717) is 16.9 Å². The van der Waals surface area contributed by atoms with Crippen LogP contribution in [0.25, 0.3) is 0 Å². The number of rotatable bonds is 14. The molecule has 1 unspecified atom stereocenters. The number of fused-ring (bicyclic) bond motifs is 2. The SMILES string of the molecule is CC(=O)OC1CC(=O)N1c1ccc2c(c1)[C@]1(O[C@@H](CC(=O)N(CCO)Cc3ccccc3)[C@H]([Si](C)(C)F)[C@H]1C)C(=O)N2C/C=C(\C)CCC=C(C)C. The first-order valence-corrected chi connectivity index (χ1v) is 21.1. The molecular formula is C40H52FN3O7Si. The molecule has 3 heterocycles. The fourth-order valence-corrected chi connectivity index (χ4v) is 10.5. The Hall–Kier alpha value is -4.13. The van der Waals surface area contributed by atoms with Gasteiger partial charge in [-0.3, -0.25) is 24.1 Å². The van der Waals surface area contributed by atoms with Crippen molar-refractivity contribution in [3.63, 3.8) is 0 Å². The lowest BCUT2D eigenvalue weighted by molar-refractivity contribution is -0.154. The normalized spacial score (nSPS) is 24.2. The molecule has 2 fully saturated rings. The molecule has 3 aliphatic rings. The number of anilines is 2. The summed E-state index contributed by atoms with van der Waals surface area (Å²) in [6.45, 7) is 12.8. The lowest BCUT2D eigenvalue weighted by atomic mass is 9.82. The van der Waals surface area contributed by atoms with Gasteiger partial charge in [0.2, 0.25) is 20.2 Å². The van der Waals surface area contributed by atoms with Crippen LogP contribution in [0.15, 0.2) is 71.8 Å². The zero-order chi connectivity index (χ0) is 38.0. The average molecular weight is 734 g/mol. The van der Waals surface area contributed by atoms with Crippen LogP contribution < -0.4 is 9.80 Å². The molecule has 0 radical (unpaired) electrons. The number of esters is 1. The number of halogens is 1. The van der Waals surface area contributed by atoms with Crippen LogP contribution in [0, 0.1) is 5.92 Å². The average Bonchev–Trinajstić information content (AvgIpc) is 3.49. The van der Waals surface area contributed by atoms with Gasteiger partial charge >= 0.3 is 5.97 Å². The Morgan fingerprint density at radius 3 is 2.42 bits per heavy atom. The van der Waals surface area contributed by atoms with E-state index in [0.717, 1.165) is 24.0 Å². The minimum absolute atomic E-state index is 0.0395. The van der Waals surface area contributed by atoms with Gasteiger partial charge in [0, 0.05) is 49.3 Å². The highest BCUT2D eigenvalue weighted by atomic mass is 28.4. The van der Waals surface area contributed by atoms with Gasteiger partial charge in [-0.25, -0.2) is 0 Å². The number of ether oxygens (including phenoxy) is 2. The van der Waals surface area contributed by atoms with Crippen molar-refractivity contribution in [2.45, 2.75) is 103 Å². The van der Waals surface area contributed by atoms with Gasteiger partial charge in [-0.2, -0.15) is 0 Å². The molecule has 2 saturated heterocycles. The van der Waals surface area contributed by atoms with E-state index in [1.807, 2.05) is 50.3 Å². The third-order valence-electron chi connectivity index (χ3n) is 10.5. The molecule has 3 amide bonds. The van der Waals surface area contributed by atoms with E-state index >= 15 is 4.11 Å². The van der Waals surface area contributed by atoms with Gasteiger partial charge < -0.3 is 28.5 Å². The summed E-state index contributed by atoms with van der Waals surface area (Å²) in [5, 5.41) is 9.84. The first-order chi connectivity index (χ1) is 24.6. The molecule has 12 heteroatoms. The highest BCUT2D eigenvalue weighted by Crippen LogP contribution is 2.60. The summed E-state index contributed by atoms with van der Waals surface area (Å²) in [6.07, 6.45) is 4.06. The molecule has 1 N–H and O–H groups in total. The van der Waals surface area contributed by atoms with Crippen molar-refractivity contribution in [2.75, 3.05) is 29.5 Å². The van der Waals surface area contributed by atoms with Gasteiger partial charge in [-0.05, 0) is 70.5 Å². The van der Waals surface area contributed by atoms with E-state index in [4.69, 9.17) is 9.47 Å². The summed E-state index contributed by atoms with van der Waals surface area (Å²) >= 11 is 0. The van der Waals surface area contributed by atoms with Crippen LogP contribution >= 0.6 is 0 Å². The Bertz CT molecular complexity index is 1740. The number of nitrogens with zero attached hydrogens (tertiary/aromatic N) is 3. The van der Waals surface area contributed by atoms with Gasteiger partial charge in [-0.15, -0.1) is 0 Å². The van der Waals surface area contributed by atoms with Gasteiger partial charge in [0.15, 0.2) is 11.8 Å². The van der Waals surface area contributed by atoms with E-state index in [2.05, 4.69) is 19.9 Å². The number of carbonyl (C=O) groups is 4. The van der Waals surface area contributed by atoms with Crippen LogP contribution in [-0.2, 0) is 40.8 Å². The first kappa shape index (κ1) is 39.1. The first-order valence-electron chi connectivity index (χ1n) is 18.1. The maximum Gasteiger partial charge on any atom is 0.304 e. The molecular weight excluding hydrogens is 682 g/mol. The van der Waals surface area contributed by atoms with Gasteiger partial charge in [-0.1, -0.05) is 60.6 Å². The van der Waals surface area contributed by atoms with Crippen molar-refractivity contribution >= 4 is 43.5 Å². The Kier molecular flexibility index (Phi) is 11.9. The monoisotopic (exact) mass is 733 g/mol. The van der Waals surface area contributed by atoms with Crippen LogP contribution in [0.4, 0.5) is 15.5 Å². The van der Waals surface area contributed by atoms with Crippen LogP contribution in [0.3, 0.4) is 0 Å². The molecule has 280 valence electrons. The van der Waals surface area contributed by atoms with Crippen molar-refractivity contribution in [3.8, 4) is 0 Å². The third kappa shape index (κ3) is 7.94. The number of hydrogen-bond donors (Lipinski definition) is 1. The minimum Gasteiger partial charge on any atom is -0.441 e. The molecule has 3 aliphatic heterocycles. The molecule has 10 nitrogen and oxygen atoms in total. The van der Waals surface area contributed by atoms with E-state index in [1.54, 1.807) is 41.1 Å². The van der Waals surface area contributed by atoms with Crippen LogP contribution in [-0.4, -0.2) is 74.1 Å². The quantitative estimate of drug-likeness (QED) is 0.0771. The topological polar surface area (TPSA) is 117 Å². The number of benzene rings is 2. The fraction of sp³-hybridized carbons (Fsp3) is 0.500. The van der Waals surface area contributed by atoms with Crippen molar-refractivity contribution in [2.24, 2.45) is 5.92 Å². The standard InChI is InChI=1S/C40H52FN3O7Si/c1-26(2)12-11-13-27(3)18-19-43-33-17-16-31(44-36(48)24-37(44)50-29(5)46)22-32(33)40(39(43)49)28(4)38(52(6,7)41)34(51-40)23-35(47)42(20-21-45)25-30-14-9-8-10-15-30/h8-10,12,14-18,22,28,34,37-38,45H,11,13,19-21,23-25H2,1-7H3/b27-18+/t28-,34+,37?,38-,40+/m1/s1. The minimum atomic E-state index is -3.60. The van der Waals surface area contributed by atoms with Crippen molar-refractivity contribution in [1.29, 1.82) is 0 Å². The number of allylic oxidation sites excluding steroid dienone is 3. The summed E-state index contributed by atoms with van der Waals surface area (Å²) < 4.78 is 28.8. The number of aliphatic hydroxyl groups is 1. The van der Waals surface area contributed by atoms with E-state index in [-0.39, 0.29) is 56.8 Å². The molecule has 1 spiro atoms. The maximum absolute atomic E-state index is 16.6. The second-order valence-electron chi connectivity index (χ2n) is 15.0. The number of amides is 3.